The van der Waals surface area contributed by atoms with Crippen molar-refractivity contribution in [2.24, 2.45) is 0 Å². The lowest BCUT2D eigenvalue weighted by Crippen LogP contribution is -2.03. The second-order valence-electron chi connectivity index (χ2n) is 4.21. The van der Waals surface area contributed by atoms with Crippen molar-refractivity contribution in [2.75, 3.05) is 18.5 Å². The number of aromatic nitrogens is 2. The zero-order valence-corrected chi connectivity index (χ0v) is 12.0. The number of ether oxygens (including phenoxy) is 2. The molecule has 1 aromatic carbocycles. The Morgan fingerprint density at radius 1 is 1.05 bits per heavy atom. The smallest absolute Gasteiger partial charge is 0.226 e. The number of nitrogens with zero attached hydrogens (tertiary/aromatic N) is 2. The van der Waals surface area contributed by atoms with Gasteiger partial charge in [0.15, 0.2) is 0 Å². The molecule has 0 radical (unpaired) electrons. The van der Waals surface area contributed by atoms with Gasteiger partial charge in [0, 0.05) is 18.3 Å². The van der Waals surface area contributed by atoms with E-state index in [0.717, 1.165) is 18.0 Å². The third-order valence-corrected chi connectivity index (χ3v) is 2.52. The highest BCUT2D eigenvalue weighted by Crippen LogP contribution is 2.23. The van der Waals surface area contributed by atoms with Gasteiger partial charge in [-0.1, -0.05) is 0 Å². The van der Waals surface area contributed by atoms with Crippen molar-refractivity contribution in [3.05, 3.63) is 36.0 Å². The minimum Gasteiger partial charge on any atom is -0.494 e. The van der Waals surface area contributed by atoms with Gasteiger partial charge < -0.3 is 14.8 Å². The van der Waals surface area contributed by atoms with Gasteiger partial charge >= 0.3 is 0 Å². The molecule has 5 nitrogen and oxygen atoms in total. The molecule has 0 spiro atoms. The van der Waals surface area contributed by atoms with Crippen molar-refractivity contribution >= 4 is 5.95 Å². The second kappa shape index (κ2) is 6.75. The molecule has 5 heteroatoms. The van der Waals surface area contributed by atoms with Gasteiger partial charge in [0.05, 0.1) is 6.61 Å². The van der Waals surface area contributed by atoms with Gasteiger partial charge in [-0.25, -0.2) is 4.98 Å². The lowest BCUT2D eigenvalue weighted by atomic mass is 10.3. The predicted octanol–water partition coefficient (Wildman–Crippen LogP) is 3.41. The van der Waals surface area contributed by atoms with Crippen LogP contribution in [0.25, 0.3) is 0 Å². The van der Waals surface area contributed by atoms with Gasteiger partial charge in [-0.05, 0) is 45.0 Å². The maximum absolute atomic E-state index is 5.73. The van der Waals surface area contributed by atoms with Gasteiger partial charge in [0.2, 0.25) is 11.8 Å². The highest BCUT2D eigenvalue weighted by molar-refractivity contribution is 5.36. The van der Waals surface area contributed by atoms with Crippen LogP contribution in [0.2, 0.25) is 0 Å². The molecule has 2 aromatic rings. The van der Waals surface area contributed by atoms with Crippen LogP contribution < -0.4 is 14.8 Å². The van der Waals surface area contributed by atoms with Gasteiger partial charge in [0.25, 0.3) is 0 Å². The molecule has 2 rings (SSSR count). The average Bonchev–Trinajstić information content (AvgIpc) is 2.41. The monoisotopic (exact) mass is 273 g/mol. The van der Waals surface area contributed by atoms with Crippen LogP contribution in [0.5, 0.6) is 17.4 Å². The summed E-state index contributed by atoms with van der Waals surface area (Å²) in [6, 6.07) is 9.26. The molecule has 0 fully saturated rings. The first-order valence-electron chi connectivity index (χ1n) is 6.71. The fourth-order valence-corrected chi connectivity index (χ4v) is 1.72. The lowest BCUT2D eigenvalue weighted by molar-refractivity contribution is 0.339. The minimum atomic E-state index is 0.526. The van der Waals surface area contributed by atoms with Crippen LogP contribution in [-0.4, -0.2) is 23.1 Å². The predicted molar refractivity (Wildman–Crippen MR) is 78.6 cm³/mol. The number of hydrogen-bond acceptors (Lipinski definition) is 5. The van der Waals surface area contributed by atoms with Crippen molar-refractivity contribution < 1.29 is 9.47 Å². The van der Waals surface area contributed by atoms with E-state index in [1.54, 1.807) is 6.07 Å². The van der Waals surface area contributed by atoms with Crippen molar-refractivity contribution in [1.29, 1.82) is 0 Å². The molecule has 1 N–H and O–H groups in total. The number of rotatable bonds is 6. The van der Waals surface area contributed by atoms with E-state index in [1.807, 2.05) is 45.0 Å². The van der Waals surface area contributed by atoms with E-state index in [-0.39, 0.29) is 0 Å². The summed E-state index contributed by atoms with van der Waals surface area (Å²) in [4.78, 5) is 8.58. The quantitative estimate of drug-likeness (QED) is 0.874. The average molecular weight is 273 g/mol. The molecule has 106 valence electrons. The van der Waals surface area contributed by atoms with Crippen LogP contribution in [0.1, 0.15) is 19.5 Å². The van der Waals surface area contributed by atoms with Crippen molar-refractivity contribution in [1.82, 2.24) is 9.97 Å². The van der Waals surface area contributed by atoms with E-state index in [1.165, 1.54) is 0 Å². The van der Waals surface area contributed by atoms with Crippen LogP contribution in [0, 0.1) is 6.92 Å². The van der Waals surface area contributed by atoms with Gasteiger partial charge in [-0.15, -0.1) is 0 Å². The molecule has 20 heavy (non-hydrogen) atoms. The molecular weight excluding hydrogens is 254 g/mol. The molecule has 0 aliphatic heterocycles. The van der Waals surface area contributed by atoms with E-state index in [2.05, 4.69) is 15.3 Å². The largest absolute Gasteiger partial charge is 0.494 e. The molecule has 0 bridgehead atoms. The molecule has 0 saturated heterocycles. The second-order valence-corrected chi connectivity index (χ2v) is 4.21. The van der Waals surface area contributed by atoms with E-state index in [4.69, 9.17) is 9.47 Å². The summed E-state index contributed by atoms with van der Waals surface area (Å²) < 4.78 is 11.1. The number of nitrogens with one attached hydrogen (secondary N) is 1. The third kappa shape index (κ3) is 3.85. The van der Waals surface area contributed by atoms with Crippen LogP contribution in [0.15, 0.2) is 30.3 Å². The minimum absolute atomic E-state index is 0.526. The Bertz CT molecular complexity index is 556. The number of anilines is 1. The van der Waals surface area contributed by atoms with Crippen LogP contribution in [0.4, 0.5) is 5.95 Å². The number of aryl methyl sites for hydroxylation is 1. The first kappa shape index (κ1) is 14.1. The summed E-state index contributed by atoms with van der Waals surface area (Å²) in [6.07, 6.45) is 0. The van der Waals surface area contributed by atoms with Gasteiger partial charge in [0.1, 0.15) is 11.5 Å². The molecule has 0 saturated carbocycles. The lowest BCUT2D eigenvalue weighted by Gasteiger charge is -2.09. The Morgan fingerprint density at radius 3 is 2.40 bits per heavy atom. The Balaban J connectivity index is 2.12. The molecule has 0 unspecified atom stereocenters. The molecular formula is C15H19N3O2. The molecule has 1 aromatic heterocycles. The Labute approximate surface area is 119 Å². The Kier molecular flexibility index (Phi) is 4.76. The summed E-state index contributed by atoms with van der Waals surface area (Å²) in [5.74, 6) is 2.65. The summed E-state index contributed by atoms with van der Waals surface area (Å²) in [6.45, 7) is 7.28. The molecule has 0 aliphatic carbocycles. The number of hydrogen-bond donors (Lipinski definition) is 1. The zero-order valence-electron chi connectivity index (χ0n) is 12.0. The summed E-state index contributed by atoms with van der Waals surface area (Å²) in [5, 5.41) is 3.08. The molecule has 0 aliphatic rings. The van der Waals surface area contributed by atoms with Crippen molar-refractivity contribution in [3.63, 3.8) is 0 Å². The summed E-state index contributed by atoms with van der Waals surface area (Å²) >= 11 is 0. The maximum Gasteiger partial charge on any atom is 0.226 e. The molecule has 0 amide bonds. The third-order valence-electron chi connectivity index (χ3n) is 2.52. The fraction of sp³-hybridized carbons (Fsp3) is 0.333. The van der Waals surface area contributed by atoms with Crippen LogP contribution in [-0.2, 0) is 0 Å². The number of benzene rings is 1. The standard InChI is InChI=1S/C15H19N3O2/c1-4-16-15-17-11(3)10-14(18-15)20-13-8-6-12(7-9-13)19-5-2/h6-10H,4-5H2,1-3H3,(H,16,17,18). The Hall–Kier alpha value is -2.30. The fourth-order valence-electron chi connectivity index (χ4n) is 1.72. The Morgan fingerprint density at radius 2 is 1.75 bits per heavy atom. The highest BCUT2D eigenvalue weighted by Gasteiger charge is 2.04. The summed E-state index contributed by atoms with van der Waals surface area (Å²) in [5.41, 5.74) is 0.858. The maximum atomic E-state index is 5.73. The van der Waals surface area contributed by atoms with E-state index in [0.29, 0.717) is 24.2 Å². The van der Waals surface area contributed by atoms with Gasteiger partial charge in [-0.2, -0.15) is 4.98 Å². The van der Waals surface area contributed by atoms with E-state index < -0.39 is 0 Å². The topological polar surface area (TPSA) is 56.3 Å². The van der Waals surface area contributed by atoms with Crippen LogP contribution >= 0.6 is 0 Å². The summed E-state index contributed by atoms with van der Waals surface area (Å²) in [7, 11) is 0. The highest BCUT2D eigenvalue weighted by atomic mass is 16.5. The first-order chi connectivity index (χ1) is 9.71. The van der Waals surface area contributed by atoms with E-state index >= 15 is 0 Å². The molecule has 0 atom stereocenters. The van der Waals surface area contributed by atoms with E-state index in [9.17, 15) is 0 Å². The first-order valence-corrected chi connectivity index (χ1v) is 6.71. The normalized spacial score (nSPS) is 10.2. The zero-order chi connectivity index (χ0) is 14.4. The SMILES string of the molecule is CCNc1nc(C)cc(Oc2ccc(OCC)cc2)n1. The van der Waals surface area contributed by atoms with Crippen LogP contribution in [0.3, 0.4) is 0 Å². The van der Waals surface area contributed by atoms with Crippen molar-refractivity contribution in [2.45, 2.75) is 20.8 Å². The van der Waals surface area contributed by atoms with Gasteiger partial charge in [-0.3, -0.25) is 0 Å². The van der Waals surface area contributed by atoms with Crippen molar-refractivity contribution in [3.8, 4) is 17.4 Å². The molecule has 1 heterocycles.